The Balaban J connectivity index is 1.28. The third-order valence-corrected chi connectivity index (χ3v) is 6.93. The summed E-state index contributed by atoms with van der Waals surface area (Å²) in [4.78, 5) is 35.1. The van der Waals surface area contributed by atoms with Crippen LogP contribution in [0.1, 0.15) is 64.3 Å². The molecule has 194 valence electrons. The van der Waals surface area contributed by atoms with Crippen molar-refractivity contribution in [2.75, 3.05) is 18.4 Å². The second-order valence-electron chi connectivity index (χ2n) is 9.44. The number of halogens is 3. The van der Waals surface area contributed by atoms with Gasteiger partial charge in [-0.25, -0.2) is 9.97 Å². The van der Waals surface area contributed by atoms with Gasteiger partial charge in [0.2, 0.25) is 5.91 Å². The number of piperidine rings is 1. The number of nitrogens with one attached hydrogen (secondary N) is 1. The molecule has 9 heteroatoms. The van der Waals surface area contributed by atoms with Crippen molar-refractivity contribution < 1.29 is 22.8 Å². The number of hydrogen-bond acceptors (Lipinski definition) is 4. The maximum absolute atomic E-state index is 12.9. The van der Waals surface area contributed by atoms with Crippen LogP contribution in [0.15, 0.2) is 61.1 Å². The number of alkyl halides is 3. The Morgan fingerprint density at radius 2 is 1.70 bits per heavy atom. The number of rotatable bonds is 6. The maximum atomic E-state index is 12.9. The lowest BCUT2D eigenvalue weighted by molar-refractivity contribution is -0.146. The van der Waals surface area contributed by atoms with E-state index in [-0.39, 0.29) is 23.8 Å². The van der Waals surface area contributed by atoms with E-state index >= 15 is 0 Å². The van der Waals surface area contributed by atoms with E-state index < -0.39 is 12.1 Å². The maximum Gasteiger partial charge on any atom is 0.395 e. The summed E-state index contributed by atoms with van der Waals surface area (Å²) in [6.07, 6.45) is 0.453. The van der Waals surface area contributed by atoms with Gasteiger partial charge >= 0.3 is 6.18 Å². The van der Waals surface area contributed by atoms with Crippen molar-refractivity contribution in [3.05, 3.63) is 89.0 Å². The van der Waals surface area contributed by atoms with E-state index in [9.17, 15) is 22.8 Å². The number of aryl methyl sites for hydroxylation is 1. The van der Waals surface area contributed by atoms with Crippen LogP contribution in [0.25, 0.3) is 0 Å². The molecule has 3 aromatic rings. The highest BCUT2D eigenvalue weighted by molar-refractivity contribution is 5.95. The number of carbonyl (C=O) groups is 2. The van der Waals surface area contributed by atoms with E-state index in [2.05, 4.69) is 15.3 Å². The van der Waals surface area contributed by atoms with Crippen molar-refractivity contribution >= 4 is 17.5 Å². The van der Waals surface area contributed by atoms with E-state index in [1.54, 1.807) is 25.3 Å². The van der Waals surface area contributed by atoms with Gasteiger partial charge in [0.1, 0.15) is 6.33 Å². The van der Waals surface area contributed by atoms with Crippen molar-refractivity contribution in [1.29, 1.82) is 0 Å². The lowest BCUT2D eigenvalue weighted by Crippen LogP contribution is -2.38. The quantitative estimate of drug-likeness (QED) is 0.465. The zero-order valence-corrected chi connectivity index (χ0v) is 20.8. The first-order valence-electron chi connectivity index (χ1n) is 12.2. The lowest BCUT2D eigenvalue weighted by atomic mass is 9.89. The summed E-state index contributed by atoms with van der Waals surface area (Å²) >= 11 is 0. The molecule has 0 radical (unpaired) electrons. The molecule has 6 nitrogen and oxygen atoms in total. The molecule has 1 saturated heterocycles. The molecule has 0 aliphatic carbocycles. The molecule has 1 unspecified atom stereocenters. The fraction of sp³-hybridized carbons (Fsp3) is 0.357. The molecule has 1 N–H and O–H groups in total. The molecule has 0 bridgehead atoms. The zero-order valence-electron chi connectivity index (χ0n) is 20.8. The van der Waals surface area contributed by atoms with Gasteiger partial charge in [-0.05, 0) is 61.4 Å². The van der Waals surface area contributed by atoms with Crippen LogP contribution in [0.5, 0.6) is 0 Å². The van der Waals surface area contributed by atoms with Gasteiger partial charge in [-0.2, -0.15) is 13.2 Å². The van der Waals surface area contributed by atoms with E-state index in [1.165, 1.54) is 18.5 Å². The topological polar surface area (TPSA) is 75.2 Å². The number of hydrogen-bond donors (Lipinski definition) is 1. The molecule has 2 aromatic carbocycles. The molecule has 2 amide bonds. The van der Waals surface area contributed by atoms with Crippen molar-refractivity contribution in [3.63, 3.8) is 0 Å². The van der Waals surface area contributed by atoms with Crippen molar-refractivity contribution in [2.24, 2.45) is 0 Å². The molecular formula is C28H29F3N4O2. The Morgan fingerprint density at radius 3 is 2.30 bits per heavy atom. The standard InChI is InChI=1S/C28H29F3N4O2/c1-18(28(29,30)31)21-5-3-20(4-6-21)15-26(36)34-24-9-7-22(8-10-24)23-11-13-35(14-12-23)27(37)25-16-32-17-33-19(25)2/h3-10,16-18,23H,11-15H2,1-2H3,(H,34,36). The largest absolute Gasteiger partial charge is 0.395 e. The number of benzene rings is 2. The average molecular weight is 511 g/mol. The van der Waals surface area contributed by atoms with Gasteiger partial charge < -0.3 is 10.2 Å². The summed E-state index contributed by atoms with van der Waals surface area (Å²) in [6, 6.07) is 13.6. The molecular weight excluding hydrogens is 481 g/mol. The summed E-state index contributed by atoms with van der Waals surface area (Å²) in [6.45, 7) is 4.22. The number of anilines is 1. The smallest absolute Gasteiger partial charge is 0.339 e. The van der Waals surface area contributed by atoms with Gasteiger partial charge in [-0.1, -0.05) is 36.4 Å². The van der Waals surface area contributed by atoms with Crippen LogP contribution in [0.3, 0.4) is 0 Å². The summed E-state index contributed by atoms with van der Waals surface area (Å²) in [5.74, 6) is -1.51. The van der Waals surface area contributed by atoms with Crippen molar-refractivity contribution in [1.82, 2.24) is 14.9 Å². The van der Waals surface area contributed by atoms with Crippen molar-refractivity contribution in [2.45, 2.75) is 51.1 Å². The highest BCUT2D eigenvalue weighted by Gasteiger charge is 2.36. The first-order valence-corrected chi connectivity index (χ1v) is 12.2. The molecule has 2 heterocycles. The fourth-order valence-electron chi connectivity index (χ4n) is 4.53. The first-order chi connectivity index (χ1) is 17.6. The van der Waals surface area contributed by atoms with Crippen LogP contribution < -0.4 is 5.32 Å². The predicted octanol–water partition coefficient (Wildman–Crippen LogP) is 5.65. The van der Waals surface area contributed by atoms with Gasteiger partial charge in [0, 0.05) is 25.0 Å². The van der Waals surface area contributed by atoms with Crippen LogP contribution in [0, 0.1) is 6.92 Å². The third kappa shape index (κ3) is 6.53. The first kappa shape index (κ1) is 26.3. The van der Waals surface area contributed by atoms with Crippen LogP contribution in [0.2, 0.25) is 0 Å². The number of likely N-dealkylation sites (tertiary alicyclic amines) is 1. The summed E-state index contributed by atoms with van der Waals surface area (Å²) in [5.41, 5.74) is 3.83. The second-order valence-corrected chi connectivity index (χ2v) is 9.44. The van der Waals surface area contributed by atoms with E-state index in [0.717, 1.165) is 25.3 Å². The molecule has 1 fully saturated rings. The van der Waals surface area contributed by atoms with E-state index in [4.69, 9.17) is 0 Å². The molecule has 0 saturated carbocycles. The highest BCUT2D eigenvalue weighted by Crippen LogP contribution is 2.34. The van der Waals surface area contributed by atoms with Gasteiger partial charge in [0.05, 0.1) is 23.6 Å². The Labute approximate surface area is 213 Å². The summed E-state index contributed by atoms with van der Waals surface area (Å²) < 4.78 is 38.6. The second kappa shape index (κ2) is 11.1. The van der Waals surface area contributed by atoms with Crippen molar-refractivity contribution in [3.8, 4) is 0 Å². The monoisotopic (exact) mass is 510 g/mol. The number of amides is 2. The normalized spacial score (nSPS) is 15.3. The molecule has 1 atom stereocenters. The fourth-order valence-corrected chi connectivity index (χ4v) is 4.53. The third-order valence-electron chi connectivity index (χ3n) is 6.93. The number of carbonyl (C=O) groups excluding carboxylic acids is 2. The van der Waals surface area contributed by atoms with Gasteiger partial charge in [-0.3, -0.25) is 9.59 Å². The van der Waals surface area contributed by atoms with Crippen LogP contribution in [-0.4, -0.2) is 45.9 Å². The molecule has 37 heavy (non-hydrogen) atoms. The molecule has 4 rings (SSSR count). The van der Waals surface area contributed by atoms with E-state index in [1.807, 2.05) is 29.2 Å². The zero-order chi connectivity index (χ0) is 26.6. The van der Waals surface area contributed by atoms with Gasteiger partial charge in [0.15, 0.2) is 0 Å². The lowest BCUT2D eigenvalue weighted by Gasteiger charge is -2.32. The van der Waals surface area contributed by atoms with Gasteiger partial charge in [0.25, 0.3) is 5.91 Å². The minimum absolute atomic E-state index is 0.0425. The average Bonchev–Trinajstić information content (AvgIpc) is 2.88. The van der Waals surface area contributed by atoms with E-state index in [0.29, 0.717) is 41.5 Å². The highest BCUT2D eigenvalue weighted by atomic mass is 19.4. The minimum Gasteiger partial charge on any atom is -0.339 e. The number of aromatic nitrogens is 2. The van der Waals surface area contributed by atoms with Crippen LogP contribution in [-0.2, 0) is 11.2 Å². The Morgan fingerprint density at radius 1 is 1.05 bits per heavy atom. The molecule has 1 aliphatic rings. The number of nitrogens with zero attached hydrogens (tertiary/aromatic N) is 3. The molecule has 0 spiro atoms. The summed E-state index contributed by atoms with van der Waals surface area (Å²) in [5, 5.41) is 2.84. The molecule has 1 aromatic heterocycles. The van der Waals surface area contributed by atoms with Crippen LogP contribution >= 0.6 is 0 Å². The predicted molar refractivity (Wildman–Crippen MR) is 134 cm³/mol. The van der Waals surface area contributed by atoms with Crippen LogP contribution in [0.4, 0.5) is 18.9 Å². The SMILES string of the molecule is Cc1ncncc1C(=O)N1CCC(c2ccc(NC(=O)Cc3ccc(C(C)C(F)(F)F)cc3)cc2)CC1. The Bertz CT molecular complexity index is 1240. The summed E-state index contributed by atoms with van der Waals surface area (Å²) in [7, 11) is 0. The Kier molecular flexibility index (Phi) is 7.90. The molecule has 1 aliphatic heterocycles. The Hall–Kier alpha value is -3.75. The minimum atomic E-state index is -4.30. The van der Waals surface area contributed by atoms with Gasteiger partial charge in [-0.15, -0.1) is 0 Å².